The minimum Gasteiger partial charge on any atom is -0.319 e. The molecule has 0 aliphatic heterocycles. The molecule has 0 aliphatic rings. The van der Waals surface area contributed by atoms with Gasteiger partial charge in [0.2, 0.25) is 0 Å². The summed E-state index contributed by atoms with van der Waals surface area (Å²) in [4.78, 5) is 4.41. The molecular weight excluding hydrogens is 436 g/mol. The molecule has 2 nitrogen and oxygen atoms in total. The highest BCUT2D eigenvalue weighted by atomic mass is 79.9. The summed E-state index contributed by atoms with van der Waals surface area (Å²) in [6.45, 7) is 1.55. The Labute approximate surface area is 166 Å². The van der Waals surface area contributed by atoms with Gasteiger partial charge in [0.05, 0.1) is 23.1 Å². The summed E-state index contributed by atoms with van der Waals surface area (Å²) in [7, 11) is 0. The van der Waals surface area contributed by atoms with Crippen LogP contribution in [0.2, 0.25) is 0 Å². The van der Waals surface area contributed by atoms with Crippen molar-refractivity contribution < 1.29 is 17.6 Å². The molecule has 4 rings (SSSR count). The maximum atomic E-state index is 14.6. The molecule has 0 N–H and O–H groups in total. The van der Waals surface area contributed by atoms with Crippen LogP contribution in [0.1, 0.15) is 11.1 Å². The average Bonchev–Trinajstić information content (AvgIpc) is 2.97. The summed E-state index contributed by atoms with van der Waals surface area (Å²) in [5, 5.41) is 0. The van der Waals surface area contributed by atoms with Gasteiger partial charge in [-0.2, -0.15) is 0 Å². The van der Waals surface area contributed by atoms with Gasteiger partial charge in [-0.1, -0.05) is 34.1 Å². The van der Waals surface area contributed by atoms with Crippen LogP contribution in [0.15, 0.2) is 53.0 Å². The van der Waals surface area contributed by atoms with E-state index >= 15 is 0 Å². The lowest BCUT2D eigenvalue weighted by Gasteiger charge is -2.12. The summed E-state index contributed by atoms with van der Waals surface area (Å²) in [5.41, 5.74) is 1.26. The summed E-state index contributed by atoms with van der Waals surface area (Å²) in [5.74, 6) is -3.16. The number of aromatic nitrogens is 2. The Kier molecular flexibility index (Phi) is 4.71. The van der Waals surface area contributed by atoms with Crippen LogP contribution < -0.4 is 0 Å². The van der Waals surface area contributed by atoms with Crippen LogP contribution in [0.4, 0.5) is 17.6 Å². The maximum absolute atomic E-state index is 14.6. The van der Waals surface area contributed by atoms with E-state index in [1.165, 1.54) is 10.6 Å². The smallest absolute Gasteiger partial charge is 0.147 e. The average molecular weight is 449 g/mol. The van der Waals surface area contributed by atoms with E-state index in [1.54, 1.807) is 25.1 Å². The first-order valence-corrected chi connectivity index (χ1v) is 9.19. The molecule has 0 aliphatic carbocycles. The summed E-state index contributed by atoms with van der Waals surface area (Å²) >= 11 is 3.05. The highest BCUT2D eigenvalue weighted by Crippen LogP contribution is 2.33. The first-order valence-electron chi connectivity index (χ1n) is 8.40. The van der Waals surface area contributed by atoms with Crippen molar-refractivity contribution in [3.63, 3.8) is 0 Å². The lowest BCUT2D eigenvalue weighted by Crippen LogP contribution is -2.08. The van der Waals surface area contributed by atoms with E-state index in [0.29, 0.717) is 11.0 Å². The third-order valence-electron chi connectivity index (χ3n) is 4.59. The lowest BCUT2D eigenvalue weighted by molar-refractivity contribution is 0.546. The van der Waals surface area contributed by atoms with Gasteiger partial charge in [0, 0.05) is 10.0 Å². The molecule has 0 saturated carbocycles. The molecule has 4 aromatic rings. The van der Waals surface area contributed by atoms with E-state index in [0.717, 1.165) is 29.8 Å². The number of benzene rings is 3. The molecular formula is C21H13BrF4N2. The molecule has 3 aromatic carbocycles. The Bertz CT molecular complexity index is 1170. The summed E-state index contributed by atoms with van der Waals surface area (Å²) < 4.78 is 59.4. The fourth-order valence-electron chi connectivity index (χ4n) is 3.24. The third kappa shape index (κ3) is 3.09. The molecule has 0 unspecified atom stereocenters. The fourth-order valence-corrected chi connectivity index (χ4v) is 3.64. The monoisotopic (exact) mass is 448 g/mol. The minimum atomic E-state index is -0.824. The van der Waals surface area contributed by atoms with Crippen LogP contribution in [0, 0.1) is 30.2 Å². The zero-order valence-corrected chi connectivity index (χ0v) is 16.2. The van der Waals surface area contributed by atoms with Crippen molar-refractivity contribution in [2.45, 2.75) is 13.5 Å². The molecule has 0 radical (unpaired) electrons. The van der Waals surface area contributed by atoms with Crippen molar-refractivity contribution in [2.24, 2.45) is 0 Å². The van der Waals surface area contributed by atoms with Crippen molar-refractivity contribution in [1.29, 1.82) is 0 Å². The Hall–Kier alpha value is -2.67. The number of hydrogen-bond donors (Lipinski definition) is 0. The van der Waals surface area contributed by atoms with Gasteiger partial charge in [-0.25, -0.2) is 22.5 Å². The Morgan fingerprint density at radius 1 is 0.893 bits per heavy atom. The number of fused-ring (bicyclic) bond motifs is 1. The number of hydrogen-bond acceptors (Lipinski definition) is 1. The molecule has 142 valence electrons. The molecule has 0 fully saturated rings. The zero-order chi connectivity index (χ0) is 20.0. The standard InChI is InChI=1S/C21H13BrF4N2/c1-11-4-2-7-18-20(11)27-21(19-16(25)8-12(22)9-17(19)26)28(18)10-13-14(23)5-3-6-15(13)24/h2-9H,10H2,1H3. The normalized spacial score (nSPS) is 11.4. The second kappa shape index (κ2) is 7.05. The van der Waals surface area contributed by atoms with E-state index in [-0.39, 0.29) is 28.0 Å². The van der Waals surface area contributed by atoms with Gasteiger partial charge in [0.15, 0.2) is 0 Å². The molecule has 7 heteroatoms. The molecule has 0 atom stereocenters. The Morgan fingerprint density at radius 3 is 2.14 bits per heavy atom. The third-order valence-corrected chi connectivity index (χ3v) is 5.05. The van der Waals surface area contributed by atoms with Crippen molar-refractivity contribution in [3.05, 3.63) is 87.4 Å². The number of nitrogens with zero attached hydrogens (tertiary/aromatic N) is 2. The van der Waals surface area contributed by atoms with Gasteiger partial charge in [-0.15, -0.1) is 0 Å². The molecule has 0 amide bonds. The topological polar surface area (TPSA) is 17.8 Å². The molecule has 1 heterocycles. The van der Waals surface area contributed by atoms with Crippen LogP contribution in [-0.4, -0.2) is 9.55 Å². The number of para-hydroxylation sites is 1. The van der Waals surface area contributed by atoms with Gasteiger partial charge in [-0.05, 0) is 42.8 Å². The number of rotatable bonds is 3. The first kappa shape index (κ1) is 18.7. The van der Waals surface area contributed by atoms with Crippen LogP contribution in [-0.2, 0) is 6.54 Å². The van der Waals surface area contributed by atoms with Gasteiger partial charge >= 0.3 is 0 Å². The van der Waals surface area contributed by atoms with Crippen molar-refractivity contribution in [3.8, 4) is 11.4 Å². The van der Waals surface area contributed by atoms with Crippen LogP contribution in [0.3, 0.4) is 0 Å². The van der Waals surface area contributed by atoms with Gasteiger partial charge in [-0.3, -0.25) is 0 Å². The SMILES string of the molecule is Cc1cccc2c1nc(-c1c(F)cc(Br)cc1F)n2Cc1c(F)cccc1F. The second-order valence-corrected chi connectivity index (χ2v) is 7.32. The quantitative estimate of drug-likeness (QED) is 0.332. The van der Waals surface area contributed by atoms with Crippen molar-refractivity contribution in [2.75, 3.05) is 0 Å². The first-order chi connectivity index (χ1) is 13.4. The lowest BCUT2D eigenvalue weighted by atomic mass is 10.1. The number of aryl methyl sites for hydroxylation is 1. The largest absolute Gasteiger partial charge is 0.319 e. The van der Waals surface area contributed by atoms with Crippen LogP contribution in [0.25, 0.3) is 22.4 Å². The van der Waals surface area contributed by atoms with E-state index in [9.17, 15) is 17.6 Å². The Balaban J connectivity index is 2.03. The van der Waals surface area contributed by atoms with Crippen LogP contribution in [0.5, 0.6) is 0 Å². The Morgan fingerprint density at radius 2 is 1.50 bits per heavy atom. The number of halogens is 5. The molecule has 0 bridgehead atoms. The van der Waals surface area contributed by atoms with E-state index in [4.69, 9.17) is 0 Å². The molecule has 28 heavy (non-hydrogen) atoms. The van der Waals surface area contributed by atoms with E-state index in [2.05, 4.69) is 20.9 Å². The zero-order valence-electron chi connectivity index (χ0n) is 14.6. The second-order valence-electron chi connectivity index (χ2n) is 6.41. The molecule has 0 saturated heterocycles. The highest BCUT2D eigenvalue weighted by molar-refractivity contribution is 9.10. The van der Waals surface area contributed by atoms with Gasteiger partial charge in [0.1, 0.15) is 29.1 Å². The van der Waals surface area contributed by atoms with Crippen molar-refractivity contribution >= 4 is 27.0 Å². The number of imidazole rings is 1. The van der Waals surface area contributed by atoms with Gasteiger partial charge in [0.25, 0.3) is 0 Å². The minimum absolute atomic E-state index is 0.0329. The van der Waals surface area contributed by atoms with E-state index < -0.39 is 23.3 Å². The maximum Gasteiger partial charge on any atom is 0.147 e. The predicted octanol–water partition coefficient (Wildman–Crippen LogP) is 6.38. The highest BCUT2D eigenvalue weighted by Gasteiger charge is 2.22. The van der Waals surface area contributed by atoms with Crippen LogP contribution >= 0.6 is 15.9 Å². The molecule has 1 aromatic heterocycles. The van der Waals surface area contributed by atoms with E-state index in [1.807, 2.05) is 0 Å². The summed E-state index contributed by atoms with van der Waals surface area (Å²) in [6, 6.07) is 11.1. The predicted molar refractivity (Wildman–Crippen MR) is 103 cm³/mol. The van der Waals surface area contributed by atoms with Crippen molar-refractivity contribution in [1.82, 2.24) is 9.55 Å². The molecule has 0 spiro atoms. The fraction of sp³-hybridized carbons (Fsp3) is 0.0952. The van der Waals surface area contributed by atoms with Gasteiger partial charge < -0.3 is 4.57 Å². The summed E-state index contributed by atoms with van der Waals surface area (Å²) in [6.07, 6.45) is 0.